The number of rotatable bonds is 7. The molecule has 1 rings (SSSR count). The number of nitrogens with zero attached hydrogens (tertiary/aromatic N) is 2. The molecule has 0 aliphatic heterocycles. The van der Waals surface area contributed by atoms with E-state index in [4.69, 9.17) is 5.84 Å². The summed E-state index contributed by atoms with van der Waals surface area (Å²) in [6.45, 7) is 7.97. The summed E-state index contributed by atoms with van der Waals surface area (Å²) in [4.78, 5) is 8.30. The average Bonchev–Trinajstić information content (AvgIpc) is 2.32. The van der Waals surface area contributed by atoms with E-state index in [9.17, 15) is 8.42 Å². The van der Waals surface area contributed by atoms with E-state index in [0.717, 1.165) is 11.8 Å². The van der Waals surface area contributed by atoms with Gasteiger partial charge in [-0.25, -0.2) is 29.0 Å². The maximum absolute atomic E-state index is 11.3. The van der Waals surface area contributed by atoms with Gasteiger partial charge in [-0.2, -0.15) is 0 Å². The van der Waals surface area contributed by atoms with Crippen molar-refractivity contribution >= 4 is 21.7 Å². The highest BCUT2D eigenvalue weighted by Gasteiger charge is 2.23. The zero-order valence-electron chi connectivity index (χ0n) is 13.1. The van der Waals surface area contributed by atoms with E-state index in [2.05, 4.69) is 25.4 Å². The Morgan fingerprint density at radius 1 is 1.29 bits per heavy atom. The Morgan fingerprint density at radius 3 is 2.33 bits per heavy atom. The molecule has 1 aromatic heterocycles. The van der Waals surface area contributed by atoms with E-state index in [0.29, 0.717) is 18.2 Å². The van der Waals surface area contributed by atoms with Crippen molar-refractivity contribution in [1.29, 1.82) is 0 Å². The van der Waals surface area contributed by atoms with Gasteiger partial charge < -0.3 is 10.7 Å². The van der Waals surface area contributed by atoms with E-state index < -0.39 is 15.6 Å². The van der Waals surface area contributed by atoms with Crippen molar-refractivity contribution < 1.29 is 8.42 Å². The van der Waals surface area contributed by atoms with Crippen LogP contribution in [0.15, 0.2) is 6.33 Å². The highest BCUT2D eigenvalue weighted by molar-refractivity contribution is 7.88. The van der Waals surface area contributed by atoms with Gasteiger partial charge in [-0.1, -0.05) is 13.8 Å². The molecular weight excluding hydrogens is 292 g/mol. The Hall–Kier alpha value is -1.45. The quantitative estimate of drug-likeness (QED) is 0.430. The highest BCUT2D eigenvalue weighted by atomic mass is 32.2. The van der Waals surface area contributed by atoms with E-state index in [1.165, 1.54) is 6.33 Å². The van der Waals surface area contributed by atoms with Crippen molar-refractivity contribution in [3.63, 3.8) is 0 Å². The van der Waals surface area contributed by atoms with E-state index >= 15 is 0 Å². The minimum Gasteiger partial charge on any atom is -0.368 e. The second kappa shape index (κ2) is 6.54. The highest BCUT2D eigenvalue weighted by Crippen LogP contribution is 2.27. The fourth-order valence-electron chi connectivity index (χ4n) is 2.04. The molecule has 0 unspecified atom stereocenters. The lowest BCUT2D eigenvalue weighted by Crippen LogP contribution is -2.48. The molecule has 0 atom stereocenters. The zero-order valence-corrected chi connectivity index (χ0v) is 13.9. The normalized spacial score (nSPS) is 12.5. The predicted molar refractivity (Wildman–Crippen MR) is 84.5 cm³/mol. The first kappa shape index (κ1) is 17.6. The molecule has 1 heterocycles. The molecule has 0 radical (unpaired) electrons. The molecule has 21 heavy (non-hydrogen) atoms. The predicted octanol–water partition coefficient (Wildman–Crippen LogP) is 0.625. The number of nitrogen functional groups attached to an aromatic ring is 1. The van der Waals surface area contributed by atoms with Gasteiger partial charge in [0.2, 0.25) is 10.0 Å². The molecule has 8 nitrogen and oxygen atoms in total. The molecule has 0 spiro atoms. The molecule has 5 N–H and O–H groups in total. The molecule has 9 heteroatoms. The number of hydrazine groups is 1. The van der Waals surface area contributed by atoms with Gasteiger partial charge in [-0.3, -0.25) is 0 Å². The van der Waals surface area contributed by atoms with E-state index in [1.807, 2.05) is 13.8 Å². The van der Waals surface area contributed by atoms with Gasteiger partial charge in [-0.05, 0) is 19.8 Å². The van der Waals surface area contributed by atoms with Crippen LogP contribution in [-0.4, -0.2) is 36.7 Å². The van der Waals surface area contributed by atoms with Gasteiger partial charge in [0.1, 0.15) is 18.0 Å². The first-order chi connectivity index (χ1) is 9.56. The third-order valence-electron chi connectivity index (χ3n) is 2.76. The van der Waals surface area contributed by atoms with Crippen LogP contribution in [0.1, 0.15) is 39.2 Å². The van der Waals surface area contributed by atoms with Gasteiger partial charge in [0.25, 0.3) is 0 Å². The van der Waals surface area contributed by atoms with E-state index in [-0.39, 0.29) is 5.92 Å². The first-order valence-electron chi connectivity index (χ1n) is 6.60. The Morgan fingerprint density at radius 2 is 1.86 bits per heavy atom. The number of nitrogens with one attached hydrogen (secondary N) is 3. The number of hydrogen-bond acceptors (Lipinski definition) is 7. The van der Waals surface area contributed by atoms with Gasteiger partial charge in [-0.15, -0.1) is 0 Å². The minimum absolute atomic E-state index is 0.158. The summed E-state index contributed by atoms with van der Waals surface area (Å²) in [5, 5.41) is 3.16. The standard InChI is InChI=1S/C12H24N6O2S/c1-8(2)9-10(15-7-16-11(9)17-13)14-6-12(3,4)18-21(5,19)20/h7-8,18H,6,13H2,1-5H3,(H2,14,15,16,17). The van der Waals surface area contributed by atoms with Crippen LogP contribution in [0.3, 0.4) is 0 Å². The molecule has 0 aliphatic rings. The summed E-state index contributed by atoms with van der Waals surface area (Å²) in [6.07, 6.45) is 2.54. The molecule has 0 amide bonds. The summed E-state index contributed by atoms with van der Waals surface area (Å²) in [5.41, 5.74) is 2.76. The second-order valence-electron chi connectivity index (χ2n) is 5.90. The summed E-state index contributed by atoms with van der Waals surface area (Å²) < 4.78 is 25.3. The number of nitrogens with two attached hydrogens (primary N) is 1. The van der Waals surface area contributed by atoms with Crippen molar-refractivity contribution in [2.24, 2.45) is 5.84 Å². The van der Waals surface area contributed by atoms with Crippen LogP contribution in [-0.2, 0) is 10.0 Å². The van der Waals surface area contributed by atoms with Crippen molar-refractivity contribution in [3.8, 4) is 0 Å². The maximum atomic E-state index is 11.3. The smallest absolute Gasteiger partial charge is 0.209 e. The summed E-state index contributed by atoms with van der Waals surface area (Å²) in [6, 6.07) is 0. The zero-order chi connectivity index (χ0) is 16.3. The summed E-state index contributed by atoms with van der Waals surface area (Å²) in [5.74, 6) is 6.81. The number of hydrogen-bond donors (Lipinski definition) is 4. The second-order valence-corrected chi connectivity index (χ2v) is 7.64. The van der Waals surface area contributed by atoms with Crippen molar-refractivity contribution in [1.82, 2.24) is 14.7 Å². The molecule has 0 aromatic carbocycles. The monoisotopic (exact) mass is 316 g/mol. The molecule has 0 saturated carbocycles. The van der Waals surface area contributed by atoms with Crippen LogP contribution >= 0.6 is 0 Å². The first-order valence-corrected chi connectivity index (χ1v) is 8.49. The van der Waals surface area contributed by atoms with Crippen molar-refractivity contribution in [2.45, 2.75) is 39.2 Å². The molecule has 120 valence electrons. The van der Waals surface area contributed by atoms with Gasteiger partial charge in [0.05, 0.1) is 6.26 Å². The van der Waals surface area contributed by atoms with Crippen LogP contribution < -0.4 is 21.3 Å². The Kier molecular flexibility index (Phi) is 5.48. The Bertz CT molecular complexity index is 585. The number of aromatic nitrogens is 2. The lowest BCUT2D eigenvalue weighted by atomic mass is 10.0. The summed E-state index contributed by atoms with van der Waals surface area (Å²) in [7, 11) is -3.28. The molecule has 0 aliphatic carbocycles. The van der Waals surface area contributed by atoms with Gasteiger partial charge >= 0.3 is 0 Å². The van der Waals surface area contributed by atoms with Gasteiger partial charge in [0.15, 0.2) is 0 Å². The van der Waals surface area contributed by atoms with Crippen LogP contribution in [0.5, 0.6) is 0 Å². The van der Waals surface area contributed by atoms with Crippen LogP contribution in [0, 0.1) is 0 Å². The Labute approximate surface area is 126 Å². The maximum Gasteiger partial charge on any atom is 0.209 e. The molecule has 1 aromatic rings. The largest absolute Gasteiger partial charge is 0.368 e. The van der Waals surface area contributed by atoms with E-state index in [1.54, 1.807) is 13.8 Å². The van der Waals surface area contributed by atoms with Crippen LogP contribution in [0.4, 0.5) is 11.6 Å². The van der Waals surface area contributed by atoms with Crippen molar-refractivity contribution in [3.05, 3.63) is 11.9 Å². The van der Waals surface area contributed by atoms with Crippen LogP contribution in [0.25, 0.3) is 0 Å². The summed E-state index contributed by atoms with van der Waals surface area (Å²) >= 11 is 0. The average molecular weight is 316 g/mol. The minimum atomic E-state index is -3.28. The Balaban J connectivity index is 2.94. The third-order valence-corrected chi connectivity index (χ3v) is 3.68. The topological polar surface area (TPSA) is 122 Å². The lowest BCUT2D eigenvalue weighted by Gasteiger charge is -2.26. The fourth-order valence-corrected chi connectivity index (χ4v) is 3.12. The third kappa shape index (κ3) is 5.44. The lowest BCUT2D eigenvalue weighted by molar-refractivity contribution is 0.475. The molecule has 0 bridgehead atoms. The molecule has 0 fully saturated rings. The number of sulfonamides is 1. The SMILES string of the molecule is CC(C)c1c(NN)ncnc1NCC(C)(C)NS(C)(=O)=O. The van der Waals surface area contributed by atoms with Crippen molar-refractivity contribution in [2.75, 3.05) is 23.5 Å². The fraction of sp³-hybridized carbons (Fsp3) is 0.667. The van der Waals surface area contributed by atoms with Crippen LogP contribution in [0.2, 0.25) is 0 Å². The number of anilines is 2. The molecular formula is C12H24N6O2S. The molecule has 0 saturated heterocycles. The van der Waals surface area contributed by atoms with Gasteiger partial charge in [0, 0.05) is 17.6 Å².